The molecule has 0 aliphatic rings. The van der Waals surface area contributed by atoms with Crippen LogP contribution in [0, 0.1) is 0 Å². The minimum atomic E-state index is -0.267. The van der Waals surface area contributed by atoms with Crippen LogP contribution in [0.3, 0.4) is 0 Å². The van der Waals surface area contributed by atoms with E-state index in [-0.39, 0.29) is 11.7 Å². The highest BCUT2D eigenvalue weighted by Crippen LogP contribution is 2.29. The van der Waals surface area contributed by atoms with Crippen molar-refractivity contribution in [3.8, 4) is 28.6 Å². The molecular formula is C27H24BrN5O3S. The molecule has 8 nitrogen and oxygen atoms in total. The lowest BCUT2D eigenvalue weighted by atomic mass is 10.2. The highest BCUT2D eigenvalue weighted by Gasteiger charge is 2.17. The number of aromatic nitrogens is 3. The summed E-state index contributed by atoms with van der Waals surface area (Å²) < 4.78 is 13.2. The minimum Gasteiger partial charge on any atom is -0.497 e. The molecule has 4 rings (SSSR count). The second-order valence-corrected chi connectivity index (χ2v) is 9.45. The molecule has 1 heterocycles. The molecular weight excluding hydrogens is 554 g/mol. The SMILES string of the molecule is COc1ccc(-c2nnc(SCC(=O)N/N=C\C(Br)=C\c3ccccc3)n2-c2ccc(OC)cc2)cc1. The number of thioether (sulfide) groups is 1. The van der Waals surface area contributed by atoms with Crippen LogP contribution < -0.4 is 14.9 Å². The Hall–Kier alpha value is -3.89. The van der Waals surface area contributed by atoms with Crippen molar-refractivity contribution in [2.45, 2.75) is 5.16 Å². The Morgan fingerprint density at radius 3 is 2.27 bits per heavy atom. The normalized spacial score (nSPS) is 11.5. The first-order chi connectivity index (χ1) is 18.1. The molecule has 10 heteroatoms. The van der Waals surface area contributed by atoms with E-state index in [1.165, 1.54) is 18.0 Å². The van der Waals surface area contributed by atoms with Gasteiger partial charge in [0.15, 0.2) is 11.0 Å². The van der Waals surface area contributed by atoms with Gasteiger partial charge in [-0.2, -0.15) is 5.10 Å². The molecule has 1 amide bonds. The number of benzene rings is 3. The molecule has 0 atom stereocenters. The lowest BCUT2D eigenvalue weighted by Crippen LogP contribution is -2.19. The molecule has 1 aromatic heterocycles. The van der Waals surface area contributed by atoms with Crippen molar-refractivity contribution in [3.63, 3.8) is 0 Å². The fourth-order valence-electron chi connectivity index (χ4n) is 3.33. The summed E-state index contributed by atoms with van der Waals surface area (Å²) in [5.41, 5.74) is 5.27. The van der Waals surface area contributed by atoms with Gasteiger partial charge in [-0.3, -0.25) is 9.36 Å². The van der Waals surface area contributed by atoms with Gasteiger partial charge in [0.2, 0.25) is 0 Å². The number of rotatable bonds is 10. The van der Waals surface area contributed by atoms with E-state index in [0.717, 1.165) is 32.8 Å². The Kier molecular flexibility index (Phi) is 9.12. The fourth-order valence-corrected chi connectivity index (χ4v) is 4.44. The number of carbonyl (C=O) groups excluding carboxylic acids is 1. The van der Waals surface area contributed by atoms with Crippen LogP contribution in [0.5, 0.6) is 11.5 Å². The van der Waals surface area contributed by atoms with Crippen molar-refractivity contribution in [1.82, 2.24) is 20.2 Å². The average Bonchev–Trinajstić information content (AvgIpc) is 3.36. The number of carbonyl (C=O) groups is 1. The molecule has 0 bridgehead atoms. The summed E-state index contributed by atoms with van der Waals surface area (Å²) in [6.07, 6.45) is 3.44. The number of ether oxygens (including phenoxy) is 2. The standard InChI is InChI=1S/C27H24BrN5O3S/c1-35-23-12-8-20(9-13-23)26-31-32-27(33(26)22-10-14-24(36-2)15-11-22)37-18-25(34)30-29-17-21(28)16-19-6-4-3-5-7-19/h3-17H,18H2,1-2H3,(H,30,34)/b21-16-,29-17-. The second kappa shape index (κ2) is 12.9. The lowest BCUT2D eigenvalue weighted by molar-refractivity contribution is -0.118. The molecule has 0 saturated heterocycles. The first kappa shape index (κ1) is 26.2. The zero-order valence-electron chi connectivity index (χ0n) is 20.2. The van der Waals surface area contributed by atoms with Crippen LogP contribution in [0.15, 0.2) is 93.6 Å². The third kappa shape index (κ3) is 7.08. The third-order valence-corrected chi connectivity index (χ3v) is 6.49. The largest absolute Gasteiger partial charge is 0.497 e. The van der Waals surface area contributed by atoms with Gasteiger partial charge in [0.05, 0.1) is 26.2 Å². The van der Waals surface area contributed by atoms with Crippen LogP contribution in [0.1, 0.15) is 5.56 Å². The van der Waals surface area contributed by atoms with Crippen LogP contribution >= 0.6 is 27.7 Å². The van der Waals surface area contributed by atoms with Crippen LogP contribution in [-0.4, -0.2) is 46.9 Å². The first-order valence-corrected chi connectivity index (χ1v) is 13.0. The molecule has 188 valence electrons. The Balaban J connectivity index is 1.48. The van der Waals surface area contributed by atoms with E-state index in [1.807, 2.05) is 89.5 Å². The molecule has 0 aliphatic carbocycles. The maximum absolute atomic E-state index is 12.5. The predicted octanol–water partition coefficient (Wildman–Crippen LogP) is 5.58. The van der Waals surface area contributed by atoms with Gasteiger partial charge in [-0.15, -0.1) is 10.2 Å². The fraction of sp³-hybridized carbons (Fsp3) is 0.111. The van der Waals surface area contributed by atoms with Crippen molar-refractivity contribution < 1.29 is 14.3 Å². The van der Waals surface area contributed by atoms with Crippen LogP contribution in [0.4, 0.5) is 0 Å². The average molecular weight is 578 g/mol. The molecule has 0 unspecified atom stereocenters. The van der Waals surface area contributed by atoms with Crippen molar-refractivity contribution in [1.29, 1.82) is 0 Å². The van der Waals surface area contributed by atoms with Gasteiger partial charge >= 0.3 is 0 Å². The van der Waals surface area contributed by atoms with Gasteiger partial charge in [-0.25, -0.2) is 5.43 Å². The molecule has 4 aromatic rings. The van der Waals surface area contributed by atoms with E-state index >= 15 is 0 Å². The molecule has 0 aliphatic heterocycles. The highest BCUT2D eigenvalue weighted by molar-refractivity contribution is 9.12. The molecule has 0 spiro atoms. The molecule has 37 heavy (non-hydrogen) atoms. The van der Waals surface area contributed by atoms with E-state index in [4.69, 9.17) is 9.47 Å². The van der Waals surface area contributed by atoms with Gasteiger partial charge in [-0.1, -0.05) is 42.1 Å². The van der Waals surface area contributed by atoms with Crippen LogP contribution in [0.25, 0.3) is 23.2 Å². The lowest BCUT2D eigenvalue weighted by Gasteiger charge is -2.11. The zero-order valence-corrected chi connectivity index (χ0v) is 22.6. The number of amides is 1. The van der Waals surface area contributed by atoms with Crippen LogP contribution in [0.2, 0.25) is 0 Å². The van der Waals surface area contributed by atoms with Crippen molar-refractivity contribution in [3.05, 3.63) is 88.9 Å². The Labute approximate surface area is 227 Å². The Morgan fingerprint density at radius 1 is 0.973 bits per heavy atom. The number of hydrazone groups is 1. The van der Waals surface area contributed by atoms with E-state index in [1.54, 1.807) is 14.2 Å². The molecule has 0 fully saturated rings. The number of hydrogen-bond donors (Lipinski definition) is 1. The molecule has 0 radical (unpaired) electrons. The number of nitrogens with zero attached hydrogens (tertiary/aromatic N) is 4. The number of halogens is 1. The Bertz CT molecular complexity index is 1390. The number of methoxy groups -OCH3 is 2. The maximum atomic E-state index is 12.5. The minimum absolute atomic E-state index is 0.105. The van der Waals surface area contributed by atoms with E-state index in [2.05, 4.69) is 36.7 Å². The summed E-state index contributed by atoms with van der Waals surface area (Å²) in [4.78, 5) is 12.5. The number of hydrogen-bond acceptors (Lipinski definition) is 7. The summed E-state index contributed by atoms with van der Waals surface area (Å²) in [6.45, 7) is 0. The third-order valence-electron chi connectivity index (χ3n) is 5.13. The van der Waals surface area contributed by atoms with Gasteiger partial charge < -0.3 is 9.47 Å². The monoisotopic (exact) mass is 577 g/mol. The smallest absolute Gasteiger partial charge is 0.250 e. The highest BCUT2D eigenvalue weighted by atomic mass is 79.9. The Morgan fingerprint density at radius 2 is 1.62 bits per heavy atom. The molecule has 0 saturated carbocycles. The topological polar surface area (TPSA) is 90.6 Å². The number of allylic oxidation sites excluding steroid dienone is 1. The summed E-state index contributed by atoms with van der Waals surface area (Å²) in [6, 6.07) is 24.9. The predicted molar refractivity (Wildman–Crippen MR) is 151 cm³/mol. The van der Waals surface area contributed by atoms with Gasteiger partial charge in [0, 0.05) is 15.7 Å². The van der Waals surface area contributed by atoms with Crippen molar-refractivity contribution in [2.75, 3.05) is 20.0 Å². The van der Waals surface area contributed by atoms with E-state index in [9.17, 15) is 4.79 Å². The van der Waals surface area contributed by atoms with Crippen molar-refractivity contribution in [2.24, 2.45) is 5.10 Å². The zero-order chi connectivity index (χ0) is 26.0. The van der Waals surface area contributed by atoms with E-state index in [0.29, 0.717) is 11.0 Å². The summed E-state index contributed by atoms with van der Waals surface area (Å²) in [5.74, 6) is 1.96. The summed E-state index contributed by atoms with van der Waals surface area (Å²) in [5, 5.41) is 13.4. The van der Waals surface area contributed by atoms with E-state index < -0.39 is 0 Å². The van der Waals surface area contributed by atoms with Crippen molar-refractivity contribution >= 4 is 45.9 Å². The van der Waals surface area contributed by atoms with Gasteiger partial charge in [0.25, 0.3) is 5.91 Å². The second-order valence-electron chi connectivity index (χ2n) is 7.59. The summed E-state index contributed by atoms with van der Waals surface area (Å²) in [7, 11) is 3.24. The molecule has 3 aromatic carbocycles. The maximum Gasteiger partial charge on any atom is 0.250 e. The quantitative estimate of drug-likeness (QED) is 0.150. The first-order valence-electron chi connectivity index (χ1n) is 11.2. The number of nitrogens with one attached hydrogen (secondary N) is 1. The summed E-state index contributed by atoms with van der Waals surface area (Å²) >= 11 is 4.70. The van der Waals surface area contributed by atoms with Gasteiger partial charge in [-0.05, 0) is 76.1 Å². The van der Waals surface area contributed by atoms with Crippen LogP contribution in [-0.2, 0) is 4.79 Å². The van der Waals surface area contributed by atoms with Gasteiger partial charge in [0.1, 0.15) is 11.5 Å². The molecule has 1 N–H and O–H groups in total.